The van der Waals surface area contributed by atoms with E-state index in [0.29, 0.717) is 21.8 Å². The number of benzene rings is 1. The zero-order valence-corrected chi connectivity index (χ0v) is 23.2. The fourth-order valence-electron chi connectivity index (χ4n) is 6.32. The summed E-state index contributed by atoms with van der Waals surface area (Å²) in [6, 6.07) is 6.66. The molecule has 202 valence electrons. The van der Waals surface area contributed by atoms with E-state index in [1.165, 1.54) is 0 Å². The molecule has 2 heterocycles. The smallest absolute Gasteiger partial charge is 0.423 e. The van der Waals surface area contributed by atoms with Crippen LogP contribution < -0.4 is 4.74 Å². The molecule has 0 unspecified atom stereocenters. The van der Waals surface area contributed by atoms with Gasteiger partial charge in [-0.05, 0) is 36.5 Å². The van der Waals surface area contributed by atoms with Crippen molar-refractivity contribution in [2.75, 3.05) is 25.8 Å². The molecule has 0 aromatic heterocycles. The van der Waals surface area contributed by atoms with Crippen LogP contribution in [-0.2, 0) is 23.9 Å². The first-order valence-corrected chi connectivity index (χ1v) is 13.7. The topological polar surface area (TPSA) is 131 Å². The van der Waals surface area contributed by atoms with E-state index in [-0.39, 0.29) is 31.5 Å². The Hall–Kier alpha value is -2.47. The SMILES string of the molecule is COC(=O)N1C(=O)[C@H]2[C@H](CC=C3[C@H]2C[C@@]2(Cl)C(=O)N(CBr)C(=O)[C@@]2(Cl)[C@H]3c2ccc(OCCO)cc2)C1=O. The third kappa shape index (κ3) is 3.51. The number of hydrogen-bond donors (Lipinski definition) is 1. The Morgan fingerprint density at radius 3 is 2.39 bits per heavy atom. The lowest BCUT2D eigenvalue weighted by molar-refractivity contribution is -0.140. The van der Waals surface area contributed by atoms with E-state index in [1.807, 2.05) is 0 Å². The van der Waals surface area contributed by atoms with E-state index in [9.17, 15) is 24.0 Å². The Morgan fingerprint density at radius 2 is 1.79 bits per heavy atom. The number of nitrogens with zero attached hydrogens (tertiary/aromatic N) is 2. The molecule has 0 bridgehead atoms. The number of carbonyl (C=O) groups is 5. The summed E-state index contributed by atoms with van der Waals surface area (Å²) in [5.41, 5.74) is 1.03. The number of amides is 5. The molecule has 1 N–H and O–H groups in total. The van der Waals surface area contributed by atoms with Gasteiger partial charge >= 0.3 is 6.09 Å². The van der Waals surface area contributed by atoms with Crippen molar-refractivity contribution in [3.05, 3.63) is 41.5 Å². The second kappa shape index (κ2) is 9.62. The van der Waals surface area contributed by atoms with Crippen LogP contribution in [0.15, 0.2) is 35.9 Å². The van der Waals surface area contributed by atoms with Gasteiger partial charge in [0.25, 0.3) is 11.8 Å². The number of likely N-dealkylation sites (tertiary alicyclic amines) is 2. The van der Waals surface area contributed by atoms with Crippen LogP contribution in [0.25, 0.3) is 0 Å². The summed E-state index contributed by atoms with van der Waals surface area (Å²) >= 11 is 17.4. The highest BCUT2D eigenvalue weighted by molar-refractivity contribution is 9.09. The van der Waals surface area contributed by atoms with E-state index in [2.05, 4.69) is 20.7 Å². The average molecular weight is 630 g/mol. The van der Waals surface area contributed by atoms with Crippen molar-refractivity contribution >= 4 is 68.9 Å². The number of aliphatic hydroxyl groups excluding tert-OH is 1. The summed E-state index contributed by atoms with van der Waals surface area (Å²) in [4.78, 5) is 63.6. The molecule has 5 rings (SSSR count). The molecule has 1 aromatic rings. The maximum Gasteiger partial charge on any atom is 0.423 e. The molecule has 38 heavy (non-hydrogen) atoms. The first kappa shape index (κ1) is 27.1. The zero-order chi connectivity index (χ0) is 27.6. The van der Waals surface area contributed by atoms with Crippen LogP contribution >= 0.6 is 39.1 Å². The largest absolute Gasteiger partial charge is 0.491 e. The molecule has 5 amide bonds. The van der Waals surface area contributed by atoms with Crippen LogP contribution in [0.4, 0.5) is 4.79 Å². The number of rotatable bonds is 5. The summed E-state index contributed by atoms with van der Waals surface area (Å²) in [7, 11) is 1.08. The molecule has 2 aliphatic carbocycles. The Balaban J connectivity index is 1.66. The first-order chi connectivity index (χ1) is 18.1. The molecule has 0 spiro atoms. The molecule has 1 saturated carbocycles. The van der Waals surface area contributed by atoms with Crippen molar-refractivity contribution in [1.29, 1.82) is 0 Å². The number of aliphatic hydroxyl groups is 1. The molecule has 10 nitrogen and oxygen atoms in total. The molecular formula is C25H23BrCl2N2O8. The fourth-order valence-corrected chi connectivity index (χ4v) is 7.74. The molecule has 6 atom stereocenters. The Morgan fingerprint density at radius 1 is 1.11 bits per heavy atom. The molecule has 3 fully saturated rings. The minimum Gasteiger partial charge on any atom is -0.491 e. The Labute approximate surface area is 235 Å². The molecule has 4 aliphatic rings. The first-order valence-electron chi connectivity index (χ1n) is 11.9. The van der Waals surface area contributed by atoms with Crippen LogP contribution in [0.5, 0.6) is 5.75 Å². The number of hydrogen-bond acceptors (Lipinski definition) is 8. The van der Waals surface area contributed by atoms with Crippen LogP contribution in [0.3, 0.4) is 0 Å². The van der Waals surface area contributed by atoms with Gasteiger partial charge in [-0.1, -0.05) is 39.7 Å². The molecular weight excluding hydrogens is 607 g/mol. The number of imide groups is 4. The molecule has 13 heteroatoms. The predicted molar refractivity (Wildman–Crippen MR) is 137 cm³/mol. The van der Waals surface area contributed by atoms with Crippen molar-refractivity contribution < 1.29 is 38.6 Å². The average Bonchev–Trinajstić information content (AvgIpc) is 3.25. The summed E-state index contributed by atoms with van der Waals surface area (Å²) in [6.45, 7) is -0.0846. The van der Waals surface area contributed by atoms with E-state index < -0.39 is 63.1 Å². The maximum atomic E-state index is 13.7. The van der Waals surface area contributed by atoms with Crippen molar-refractivity contribution in [2.24, 2.45) is 17.8 Å². The third-order valence-electron chi connectivity index (χ3n) is 7.95. The highest BCUT2D eigenvalue weighted by Crippen LogP contribution is 2.65. The van der Waals surface area contributed by atoms with Crippen molar-refractivity contribution in [1.82, 2.24) is 9.80 Å². The Bertz CT molecular complexity index is 1270. The van der Waals surface area contributed by atoms with Crippen molar-refractivity contribution in [3.8, 4) is 5.75 Å². The maximum absolute atomic E-state index is 13.7. The van der Waals surface area contributed by atoms with Gasteiger partial charge in [0.2, 0.25) is 11.8 Å². The minimum absolute atomic E-state index is 0.0866. The van der Waals surface area contributed by atoms with Gasteiger partial charge in [0, 0.05) is 5.92 Å². The summed E-state index contributed by atoms with van der Waals surface area (Å²) in [5, 5.41) is 9.04. The van der Waals surface area contributed by atoms with Gasteiger partial charge in [-0.3, -0.25) is 24.1 Å². The van der Waals surface area contributed by atoms with Crippen LogP contribution in [0, 0.1) is 17.8 Å². The van der Waals surface area contributed by atoms with Crippen molar-refractivity contribution in [2.45, 2.75) is 28.5 Å². The second-order valence-electron chi connectivity index (χ2n) is 9.61. The number of carbonyl (C=O) groups excluding carboxylic acids is 5. The van der Waals surface area contributed by atoms with Crippen LogP contribution in [0.1, 0.15) is 24.3 Å². The lowest BCUT2D eigenvalue weighted by Crippen LogP contribution is -2.60. The summed E-state index contributed by atoms with van der Waals surface area (Å²) < 4.78 is 10.1. The van der Waals surface area contributed by atoms with Crippen LogP contribution in [0.2, 0.25) is 0 Å². The van der Waals surface area contributed by atoms with Gasteiger partial charge in [0.1, 0.15) is 12.4 Å². The second-order valence-corrected chi connectivity index (χ2v) is 11.4. The predicted octanol–water partition coefficient (Wildman–Crippen LogP) is 2.54. The van der Waals surface area contributed by atoms with Gasteiger partial charge in [-0.25, -0.2) is 4.79 Å². The third-order valence-corrected chi connectivity index (χ3v) is 9.86. The number of halogens is 3. The van der Waals surface area contributed by atoms with E-state index in [0.717, 1.165) is 12.0 Å². The molecule has 2 saturated heterocycles. The van der Waals surface area contributed by atoms with Crippen LogP contribution in [-0.4, -0.2) is 80.2 Å². The lowest BCUT2D eigenvalue weighted by Gasteiger charge is -2.50. The molecule has 1 aromatic carbocycles. The van der Waals surface area contributed by atoms with Crippen molar-refractivity contribution in [3.63, 3.8) is 0 Å². The zero-order valence-electron chi connectivity index (χ0n) is 20.1. The monoisotopic (exact) mass is 628 g/mol. The number of fused-ring (bicyclic) bond motifs is 4. The van der Waals surface area contributed by atoms with Gasteiger partial charge in [-0.15, -0.1) is 23.2 Å². The van der Waals surface area contributed by atoms with Gasteiger partial charge in [0.15, 0.2) is 9.75 Å². The summed E-state index contributed by atoms with van der Waals surface area (Å²) in [6.07, 6.45) is 0.649. The number of allylic oxidation sites excluding steroid dienone is 2. The number of ether oxygens (including phenoxy) is 2. The fraction of sp³-hybridized carbons (Fsp3) is 0.480. The quantitative estimate of drug-likeness (QED) is 0.228. The van der Waals surface area contributed by atoms with E-state index in [4.69, 9.17) is 33.0 Å². The number of alkyl halides is 3. The number of methoxy groups -OCH3 is 1. The highest BCUT2D eigenvalue weighted by atomic mass is 79.9. The highest BCUT2D eigenvalue weighted by Gasteiger charge is 2.76. The normalized spacial score (nSPS) is 34.1. The van der Waals surface area contributed by atoms with Gasteiger partial charge in [0.05, 0.1) is 31.0 Å². The lowest BCUT2D eigenvalue weighted by atomic mass is 9.56. The van der Waals surface area contributed by atoms with E-state index >= 15 is 0 Å². The van der Waals surface area contributed by atoms with E-state index in [1.54, 1.807) is 30.3 Å². The summed E-state index contributed by atoms with van der Waals surface area (Å²) in [5.74, 6) is -5.80. The minimum atomic E-state index is -1.93. The molecule has 2 aliphatic heterocycles. The van der Waals surface area contributed by atoms with Gasteiger partial charge < -0.3 is 14.6 Å². The molecule has 0 radical (unpaired) electrons. The van der Waals surface area contributed by atoms with Gasteiger partial charge in [-0.2, -0.15) is 4.90 Å². The standard InChI is InChI=1S/C25H23BrCl2N2O8/c1-37-23(36)30-19(32)15-7-6-14-16(17(15)20(30)33)10-24(27)21(34)29(11-26)22(35)25(24,28)18(14)12-2-4-13(5-3-12)38-9-8-31/h2-6,15-18,31H,7-11H2,1H3/t15-,16+,17-,18-,24+,25-/m0/s1. The Kier molecular flexibility index (Phi) is 6.86.